The van der Waals surface area contributed by atoms with E-state index in [9.17, 15) is 13.6 Å². The molecule has 0 N–H and O–H groups in total. The van der Waals surface area contributed by atoms with Gasteiger partial charge in [-0.15, -0.1) is 0 Å². The van der Waals surface area contributed by atoms with Crippen molar-refractivity contribution in [3.63, 3.8) is 0 Å². The summed E-state index contributed by atoms with van der Waals surface area (Å²) in [6, 6.07) is -1.07. The summed E-state index contributed by atoms with van der Waals surface area (Å²) >= 11 is 7.33. The summed E-state index contributed by atoms with van der Waals surface area (Å²) in [4.78, 5) is 21.9. The minimum absolute atomic E-state index is 0.0518. The molecule has 1 aliphatic heterocycles. The Bertz CT molecular complexity index is 599. The van der Waals surface area contributed by atoms with Gasteiger partial charge in [0.15, 0.2) is 5.16 Å². The molecule has 0 spiro atoms. The molecule has 0 aromatic carbocycles. The van der Waals surface area contributed by atoms with Crippen molar-refractivity contribution in [1.82, 2.24) is 14.9 Å². The number of alkyl halides is 2. The van der Waals surface area contributed by atoms with Crippen molar-refractivity contribution in [2.75, 3.05) is 6.26 Å². The van der Waals surface area contributed by atoms with Crippen molar-refractivity contribution in [2.24, 2.45) is 0 Å². The average Bonchev–Trinajstić information content (AvgIpc) is 2.75. The second-order valence-corrected chi connectivity index (χ2v) is 6.41. The van der Waals surface area contributed by atoms with E-state index in [2.05, 4.69) is 9.97 Å². The van der Waals surface area contributed by atoms with E-state index >= 15 is 0 Å². The minimum Gasteiger partial charge on any atom is -0.324 e. The van der Waals surface area contributed by atoms with Crippen LogP contribution in [-0.4, -0.2) is 39.0 Å². The quantitative estimate of drug-likeness (QED) is 0.473. The van der Waals surface area contributed by atoms with Crippen LogP contribution >= 0.6 is 23.4 Å². The fourth-order valence-corrected chi connectivity index (χ4v) is 3.67. The lowest BCUT2D eigenvalue weighted by atomic mass is 9.90. The number of hydrogen-bond donors (Lipinski definition) is 0. The Balaban J connectivity index is 1.95. The molecule has 0 unspecified atom stereocenters. The van der Waals surface area contributed by atoms with Crippen LogP contribution < -0.4 is 0 Å². The predicted octanol–water partition coefficient (Wildman–Crippen LogP) is 3.39. The van der Waals surface area contributed by atoms with E-state index in [1.165, 1.54) is 16.7 Å². The third kappa shape index (κ3) is 2.50. The molecular formula is C13H14ClF2N3OS. The Kier molecular flexibility index (Phi) is 3.81. The lowest BCUT2D eigenvalue weighted by Crippen LogP contribution is -2.49. The molecule has 1 aliphatic carbocycles. The van der Waals surface area contributed by atoms with Gasteiger partial charge < -0.3 is 4.90 Å². The molecule has 1 saturated carbocycles. The molecule has 1 aromatic heterocycles. The molecule has 1 atom stereocenters. The summed E-state index contributed by atoms with van der Waals surface area (Å²) in [7, 11) is 0. The standard InChI is InChI=1S/C13H14ClF2N3OS/c1-21-12-17-7-6-19(11(20)9(7)10(14)18-12)8-4-2-3-5-13(8,15)16/h8H,2-6H2,1H3/t8-/m0/s1. The molecule has 0 saturated heterocycles. The molecule has 1 amide bonds. The number of nitrogens with zero attached hydrogens (tertiary/aromatic N) is 3. The fraction of sp³-hybridized carbons (Fsp3) is 0.615. The topological polar surface area (TPSA) is 46.1 Å². The zero-order chi connectivity index (χ0) is 15.2. The van der Waals surface area contributed by atoms with Crippen LogP contribution in [-0.2, 0) is 6.54 Å². The van der Waals surface area contributed by atoms with Gasteiger partial charge in [-0.3, -0.25) is 4.79 Å². The second kappa shape index (κ2) is 5.35. The first-order valence-corrected chi connectivity index (χ1v) is 8.33. The van der Waals surface area contributed by atoms with Gasteiger partial charge in [0.05, 0.1) is 18.3 Å². The number of amides is 1. The Labute approximate surface area is 130 Å². The minimum atomic E-state index is -2.85. The van der Waals surface area contributed by atoms with E-state index in [1.807, 2.05) is 0 Å². The highest BCUT2D eigenvalue weighted by Gasteiger charge is 2.49. The van der Waals surface area contributed by atoms with Crippen LogP contribution in [0.5, 0.6) is 0 Å². The van der Waals surface area contributed by atoms with Gasteiger partial charge in [-0.25, -0.2) is 18.7 Å². The molecular weight excluding hydrogens is 320 g/mol. The van der Waals surface area contributed by atoms with Gasteiger partial charge >= 0.3 is 0 Å². The average molecular weight is 334 g/mol. The molecule has 114 valence electrons. The molecule has 2 heterocycles. The monoisotopic (exact) mass is 333 g/mol. The zero-order valence-corrected chi connectivity index (χ0v) is 13.0. The number of halogens is 3. The van der Waals surface area contributed by atoms with Gasteiger partial charge in [0.25, 0.3) is 11.8 Å². The number of hydrogen-bond acceptors (Lipinski definition) is 4. The highest BCUT2D eigenvalue weighted by Crippen LogP contribution is 2.40. The van der Waals surface area contributed by atoms with Crippen molar-refractivity contribution in [1.29, 1.82) is 0 Å². The van der Waals surface area contributed by atoms with Crippen LogP contribution in [0.4, 0.5) is 8.78 Å². The number of carbonyl (C=O) groups is 1. The maximum Gasteiger partial charge on any atom is 0.268 e. The lowest BCUT2D eigenvalue weighted by molar-refractivity contribution is -0.0969. The molecule has 0 bridgehead atoms. The van der Waals surface area contributed by atoms with Crippen LogP contribution in [0, 0.1) is 0 Å². The third-order valence-corrected chi connectivity index (χ3v) is 4.82. The highest BCUT2D eigenvalue weighted by atomic mass is 35.5. The van der Waals surface area contributed by atoms with E-state index in [4.69, 9.17) is 11.6 Å². The smallest absolute Gasteiger partial charge is 0.268 e. The van der Waals surface area contributed by atoms with Crippen LogP contribution in [0.3, 0.4) is 0 Å². The predicted molar refractivity (Wildman–Crippen MR) is 75.9 cm³/mol. The highest BCUT2D eigenvalue weighted by molar-refractivity contribution is 7.98. The van der Waals surface area contributed by atoms with Gasteiger partial charge in [-0.1, -0.05) is 29.8 Å². The Morgan fingerprint density at radius 1 is 1.38 bits per heavy atom. The normalized spacial score (nSPS) is 24.3. The fourth-order valence-electron chi connectivity index (χ4n) is 2.96. The van der Waals surface area contributed by atoms with Gasteiger partial charge in [0.2, 0.25) is 0 Å². The van der Waals surface area contributed by atoms with E-state index in [0.29, 0.717) is 30.1 Å². The van der Waals surface area contributed by atoms with Gasteiger partial charge in [-0.05, 0) is 19.1 Å². The molecule has 1 aromatic rings. The van der Waals surface area contributed by atoms with Crippen molar-refractivity contribution >= 4 is 29.3 Å². The Morgan fingerprint density at radius 2 is 2.14 bits per heavy atom. The second-order valence-electron chi connectivity index (χ2n) is 5.28. The van der Waals surface area contributed by atoms with E-state index in [-0.39, 0.29) is 23.7 Å². The molecule has 21 heavy (non-hydrogen) atoms. The van der Waals surface area contributed by atoms with Crippen LogP contribution in [0.2, 0.25) is 5.15 Å². The van der Waals surface area contributed by atoms with E-state index < -0.39 is 17.9 Å². The summed E-state index contributed by atoms with van der Waals surface area (Å²) in [6.07, 6.45) is 3.13. The van der Waals surface area contributed by atoms with Crippen molar-refractivity contribution < 1.29 is 13.6 Å². The van der Waals surface area contributed by atoms with Gasteiger partial charge in [-0.2, -0.15) is 0 Å². The van der Waals surface area contributed by atoms with Crippen LogP contribution in [0.1, 0.15) is 41.7 Å². The first-order valence-electron chi connectivity index (χ1n) is 6.73. The van der Waals surface area contributed by atoms with Crippen LogP contribution in [0.25, 0.3) is 0 Å². The van der Waals surface area contributed by atoms with Crippen molar-refractivity contribution in [3.05, 3.63) is 16.4 Å². The zero-order valence-electron chi connectivity index (χ0n) is 11.4. The van der Waals surface area contributed by atoms with E-state index in [1.54, 1.807) is 6.26 Å². The molecule has 2 aliphatic rings. The number of carbonyl (C=O) groups excluding carboxylic acids is 1. The Morgan fingerprint density at radius 3 is 2.81 bits per heavy atom. The first kappa shape index (κ1) is 15.0. The number of fused-ring (bicyclic) bond motifs is 1. The number of thioether (sulfide) groups is 1. The summed E-state index contributed by atoms with van der Waals surface area (Å²) in [5, 5.41) is 0.500. The molecule has 4 nitrogen and oxygen atoms in total. The largest absolute Gasteiger partial charge is 0.324 e. The molecule has 3 rings (SSSR count). The first-order chi connectivity index (χ1) is 9.94. The molecule has 0 radical (unpaired) electrons. The summed E-state index contributed by atoms with van der Waals surface area (Å²) < 4.78 is 28.2. The maximum absolute atomic E-state index is 14.1. The van der Waals surface area contributed by atoms with Gasteiger partial charge in [0, 0.05) is 6.42 Å². The third-order valence-electron chi connectivity index (χ3n) is 4.00. The Hall–Kier alpha value is -0.950. The van der Waals surface area contributed by atoms with Crippen LogP contribution in [0.15, 0.2) is 5.16 Å². The van der Waals surface area contributed by atoms with Crippen molar-refractivity contribution in [2.45, 2.75) is 49.3 Å². The SMILES string of the molecule is CSc1nc(Cl)c2c(n1)CN([C@H]1CCCCC1(F)F)C2=O. The number of aromatic nitrogens is 2. The lowest BCUT2D eigenvalue weighted by Gasteiger charge is -2.37. The van der Waals surface area contributed by atoms with Gasteiger partial charge in [0.1, 0.15) is 10.7 Å². The molecule has 8 heteroatoms. The summed E-state index contributed by atoms with van der Waals surface area (Å²) in [6.45, 7) is 0.0875. The van der Waals surface area contributed by atoms with E-state index in [0.717, 1.165) is 0 Å². The van der Waals surface area contributed by atoms with Crippen molar-refractivity contribution in [3.8, 4) is 0 Å². The summed E-state index contributed by atoms with van der Waals surface area (Å²) in [5.74, 6) is -3.33. The molecule has 1 fully saturated rings. The summed E-state index contributed by atoms with van der Waals surface area (Å²) in [5.41, 5.74) is 0.626. The maximum atomic E-state index is 14.1. The number of rotatable bonds is 2.